The third kappa shape index (κ3) is 3.86. The molecule has 2 saturated heterocycles. The topological polar surface area (TPSA) is 84.2 Å². The number of ether oxygens (including phenoxy) is 1. The summed E-state index contributed by atoms with van der Waals surface area (Å²) in [7, 11) is 0. The van der Waals surface area contributed by atoms with Crippen LogP contribution in [0.15, 0.2) is 55.1 Å². The number of benzene rings is 1. The smallest absolute Gasteiger partial charge is 0.163 e. The van der Waals surface area contributed by atoms with Gasteiger partial charge in [-0.05, 0) is 68.4 Å². The summed E-state index contributed by atoms with van der Waals surface area (Å²) in [6.45, 7) is 2.17. The average Bonchev–Trinajstić information content (AvgIpc) is 3.71. The highest BCUT2D eigenvalue weighted by molar-refractivity contribution is 6.02. The molecule has 0 spiro atoms. The number of hydrogen-bond acceptors (Lipinski definition) is 6. The van der Waals surface area contributed by atoms with Crippen molar-refractivity contribution >= 4 is 16.6 Å². The van der Waals surface area contributed by atoms with Crippen LogP contribution in [0.5, 0.6) is 0 Å². The first-order chi connectivity index (χ1) is 19.2. The van der Waals surface area contributed by atoms with Crippen LogP contribution in [-0.4, -0.2) is 66.0 Å². The highest BCUT2D eigenvalue weighted by Crippen LogP contribution is 2.41. The molecule has 3 aliphatic rings. The van der Waals surface area contributed by atoms with Gasteiger partial charge in [0, 0.05) is 60.3 Å². The lowest BCUT2D eigenvalue weighted by atomic mass is 9.83. The summed E-state index contributed by atoms with van der Waals surface area (Å²) < 4.78 is 22.7. The second-order valence-corrected chi connectivity index (χ2v) is 11.2. The van der Waals surface area contributed by atoms with E-state index in [1.54, 1.807) is 18.6 Å². The molecule has 0 radical (unpaired) electrons. The Bertz CT molecular complexity index is 1640. The third-order valence-corrected chi connectivity index (χ3v) is 9.04. The number of nitrogens with zero attached hydrogens (tertiary/aromatic N) is 6. The van der Waals surface area contributed by atoms with Crippen LogP contribution >= 0.6 is 0 Å². The lowest BCUT2D eigenvalue weighted by Gasteiger charge is -2.41. The molecule has 4 aromatic heterocycles. The molecule has 8 nitrogen and oxygen atoms in total. The molecule has 198 valence electrons. The van der Waals surface area contributed by atoms with Crippen LogP contribution in [0.25, 0.3) is 38.9 Å². The minimum Gasteiger partial charge on any atom is -0.372 e. The molecule has 0 amide bonds. The van der Waals surface area contributed by atoms with E-state index in [9.17, 15) is 4.39 Å². The molecule has 6 heterocycles. The Balaban J connectivity index is 1.19. The normalized spacial score (nSPS) is 25.6. The molecule has 8 rings (SSSR count). The van der Waals surface area contributed by atoms with Crippen molar-refractivity contribution in [3.63, 3.8) is 0 Å². The van der Waals surface area contributed by atoms with Gasteiger partial charge in [0.15, 0.2) is 5.65 Å². The zero-order valence-electron chi connectivity index (χ0n) is 21.6. The third-order valence-electron chi connectivity index (χ3n) is 9.04. The number of H-pyrrole nitrogens is 1. The van der Waals surface area contributed by atoms with Crippen molar-refractivity contribution < 1.29 is 9.13 Å². The Morgan fingerprint density at radius 3 is 2.49 bits per heavy atom. The Morgan fingerprint density at radius 1 is 0.897 bits per heavy atom. The van der Waals surface area contributed by atoms with Gasteiger partial charge in [0.1, 0.15) is 17.0 Å². The van der Waals surface area contributed by atoms with Crippen molar-refractivity contribution in [2.45, 2.75) is 62.7 Å². The summed E-state index contributed by atoms with van der Waals surface area (Å²) in [5.74, 6) is 0.0802. The van der Waals surface area contributed by atoms with Gasteiger partial charge in [-0.2, -0.15) is 10.2 Å². The van der Waals surface area contributed by atoms with Crippen molar-refractivity contribution in [2.75, 3.05) is 13.1 Å². The second-order valence-electron chi connectivity index (χ2n) is 11.2. The predicted octanol–water partition coefficient (Wildman–Crippen LogP) is 5.36. The molecule has 1 N–H and O–H groups in total. The van der Waals surface area contributed by atoms with Gasteiger partial charge in [-0.25, -0.2) is 13.9 Å². The largest absolute Gasteiger partial charge is 0.372 e. The summed E-state index contributed by atoms with van der Waals surface area (Å²) in [6.07, 6.45) is 15.0. The predicted molar refractivity (Wildman–Crippen MR) is 146 cm³/mol. The minimum atomic E-state index is -0.327. The standard InChI is InChI=1S/C30H30FN7O/c31-25-8-7-23(24-15-34-35-29(24)25)27-28(19-9-12-32-13-10-19)36-38-26(11-14-33-30(27)38)18-1-3-20(4-2-18)37-16-21-5-6-22(17-37)39-21/h7-15,18,20-22H,1-6,16-17H2,(H,34,35)/t18?,20?,21-,22+. The zero-order valence-corrected chi connectivity index (χ0v) is 21.6. The van der Waals surface area contributed by atoms with E-state index in [4.69, 9.17) is 14.8 Å². The lowest BCUT2D eigenvalue weighted by Crippen LogP contribution is -2.48. The first kappa shape index (κ1) is 23.2. The Morgan fingerprint density at radius 2 is 1.69 bits per heavy atom. The Hall–Kier alpha value is -3.69. The molecule has 2 bridgehead atoms. The van der Waals surface area contributed by atoms with E-state index in [1.165, 1.54) is 37.4 Å². The minimum absolute atomic E-state index is 0.327. The summed E-state index contributed by atoms with van der Waals surface area (Å²) in [5, 5.41) is 12.8. The SMILES string of the molecule is Fc1ccc(-c2c(-c3ccncc3)nn3c(C4CCC(N5C[C@H]6CC[C@@H](C5)O6)CC4)ccnc23)c2cn[nH]c12. The van der Waals surface area contributed by atoms with Crippen LogP contribution in [0.4, 0.5) is 4.39 Å². The highest BCUT2D eigenvalue weighted by Gasteiger charge is 2.38. The summed E-state index contributed by atoms with van der Waals surface area (Å²) in [4.78, 5) is 11.7. The number of hydrogen-bond donors (Lipinski definition) is 1. The number of nitrogens with one attached hydrogen (secondary N) is 1. The number of pyridine rings is 1. The van der Waals surface area contributed by atoms with Gasteiger partial charge >= 0.3 is 0 Å². The molecular weight excluding hydrogens is 493 g/mol. The van der Waals surface area contributed by atoms with Crippen molar-refractivity contribution in [1.29, 1.82) is 0 Å². The van der Waals surface area contributed by atoms with Crippen LogP contribution in [-0.2, 0) is 4.74 Å². The van der Waals surface area contributed by atoms with E-state index in [0.29, 0.717) is 35.1 Å². The van der Waals surface area contributed by atoms with Gasteiger partial charge in [-0.1, -0.05) is 6.07 Å². The van der Waals surface area contributed by atoms with E-state index in [0.717, 1.165) is 54.0 Å². The molecule has 3 fully saturated rings. The fourth-order valence-electron chi connectivity index (χ4n) is 7.13. The highest BCUT2D eigenvalue weighted by atomic mass is 19.1. The number of fused-ring (bicyclic) bond motifs is 4. The Labute approximate surface area is 225 Å². The van der Waals surface area contributed by atoms with E-state index in [1.807, 2.05) is 28.9 Å². The van der Waals surface area contributed by atoms with Gasteiger partial charge in [-0.3, -0.25) is 15.0 Å². The summed E-state index contributed by atoms with van der Waals surface area (Å²) in [6, 6.07) is 9.98. The van der Waals surface area contributed by atoms with Crippen molar-refractivity contribution in [3.8, 4) is 22.4 Å². The number of halogens is 1. The first-order valence-corrected chi connectivity index (χ1v) is 14.0. The fourth-order valence-corrected chi connectivity index (χ4v) is 7.13. The molecule has 1 aliphatic carbocycles. The van der Waals surface area contributed by atoms with E-state index in [-0.39, 0.29) is 5.82 Å². The van der Waals surface area contributed by atoms with E-state index in [2.05, 4.69) is 26.1 Å². The van der Waals surface area contributed by atoms with Crippen molar-refractivity contribution in [1.82, 2.24) is 34.7 Å². The summed E-state index contributed by atoms with van der Waals surface area (Å²) in [5.41, 5.74) is 5.85. The number of likely N-dealkylation sites (tertiary alicyclic amines) is 1. The molecule has 2 atom stereocenters. The lowest BCUT2D eigenvalue weighted by molar-refractivity contribution is -0.0579. The van der Waals surface area contributed by atoms with Gasteiger partial charge in [-0.15, -0.1) is 0 Å². The van der Waals surface area contributed by atoms with Crippen LogP contribution in [0.3, 0.4) is 0 Å². The molecule has 1 aromatic carbocycles. The number of aromatic nitrogens is 6. The van der Waals surface area contributed by atoms with Crippen LogP contribution in [0, 0.1) is 5.82 Å². The summed E-state index contributed by atoms with van der Waals surface area (Å²) >= 11 is 0. The molecule has 1 saturated carbocycles. The van der Waals surface area contributed by atoms with Crippen molar-refractivity contribution in [3.05, 3.63) is 66.6 Å². The molecule has 0 unspecified atom stereocenters. The quantitative estimate of drug-likeness (QED) is 0.341. The molecule has 9 heteroatoms. The van der Waals surface area contributed by atoms with Gasteiger partial charge in [0.05, 0.1) is 24.0 Å². The van der Waals surface area contributed by atoms with Gasteiger partial charge in [0.25, 0.3) is 0 Å². The van der Waals surface area contributed by atoms with Gasteiger partial charge in [0.2, 0.25) is 0 Å². The zero-order chi connectivity index (χ0) is 25.9. The maximum Gasteiger partial charge on any atom is 0.163 e. The fraction of sp³-hybridized carbons (Fsp3) is 0.400. The monoisotopic (exact) mass is 523 g/mol. The molecular formula is C30H30FN7O. The first-order valence-electron chi connectivity index (χ1n) is 14.0. The van der Waals surface area contributed by atoms with Crippen molar-refractivity contribution in [2.24, 2.45) is 0 Å². The number of rotatable bonds is 4. The van der Waals surface area contributed by atoms with E-state index < -0.39 is 0 Å². The average molecular weight is 524 g/mol. The maximum absolute atomic E-state index is 14.6. The van der Waals surface area contributed by atoms with Crippen LogP contribution in [0.2, 0.25) is 0 Å². The molecule has 2 aliphatic heterocycles. The molecule has 39 heavy (non-hydrogen) atoms. The molecule has 5 aromatic rings. The second kappa shape index (κ2) is 9.20. The maximum atomic E-state index is 14.6. The van der Waals surface area contributed by atoms with Gasteiger partial charge < -0.3 is 4.74 Å². The number of morpholine rings is 1. The Kier molecular flexibility index (Phi) is 5.48. The van der Waals surface area contributed by atoms with Crippen LogP contribution in [0.1, 0.15) is 50.1 Å². The van der Waals surface area contributed by atoms with Crippen LogP contribution < -0.4 is 0 Å². The van der Waals surface area contributed by atoms with E-state index >= 15 is 0 Å². The number of aromatic amines is 1.